The number of ether oxygens (including phenoxy) is 2. The van der Waals surface area contributed by atoms with Crippen molar-refractivity contribution in [3.05, 3.63) is 28.7 Å². The smallest absolute Gasteiger partial charge is 0.411 e. The van der Waals surface area contributed by atoms with Crippen LogP contribution in [-0.4, -0.2) is 38.4 Å². The average molecular weight is 339 g/mol. The van der Waals surface area contributed by atoms with Crippen molar-refractivity contribution in [1.82, 2.24) is 0 Å². The van der Waals surface area contributed by atoms with Crippen molar-refractivity contribution in [2.75, 3.05) is 32.2 Å². The summed E-state index contributed by atoms with van der Waals surface area (Å²) in [7, 11) is 0. The molecule has 1 aromatic rings. The lowest BCUT2D eigenvalue weighted by molar-refractivity contribution is -0.613. The van der Waals surface area contributed by atoms with Crippen molar-refractivity contribution in [3.63, 3.8) is 0 Å². The van der Waals surface area contributed by atoms with Gasteiger partial charge in [0.15, 0.2) is 11.9 Å². The van der Waals surface area contributed by atoms with Crippen LogP contribution < -0.4 is 4.73 Å². The van der Waals surface area contributed by atoms with Gasteiger partial charge in [0.05, 0.1) is 6.61 Å². The number of rotatable bonds is 9. The highest BCUT2D eigenvalue weighted by Crippen LogP contribution is 2.22. The summed E-state index contributed by atoms with van der Waals surface area (Å²) in [4.78, 5) is 1.03. The maximum atomic E-state index is 11.8. The van der Waals surface area contributed by atoms with E-state index in [-0.39, 0.29) is 6.61 Å². The van der Waals surface area contributed by atoms with E-state index in [1.807, 2.05) is 6.92 Å². The quantitative estimate of drug-likeness (QED) is 0.300. The van der Waals surface area contributed by atoms with Gasteiger partial charge in [-0.05, 0) is 13.3 Å². The fraction of sp³-hybridized carbons (Fsp3) is 0.643. The summed E-state index contributed by atoms with van der Waals surface area (Å²) in [5.41, 5.74) is 1.62. The third-order valence-electron chi connectivity index (χ3n) is 2.93. The minimum atomic E-state index is -4.27. The number of pyridine rings is 1. The Morgan fingerprint density at radius 2 is 1.86 bits per heavy atom. The number of hydrogen-bond donors (Lipinski definition) is 0. The fourth-order valence-corrected chi connectivity index (χ4v) is 2.58. The van der Waals surface area contributed by atoms with Gasteiger partial charge in [0.1, 0.15) is 6.61 Å². The van der Waals surface area contributed by atoms with Crippen LogP contribution in [0.1, 0.15) is 17.7 Å². The van der Waals surface area contributed by atoms with Gasteiger partial charge in [0.25, 0.3) is 0 Å². The van der Waals surface area contributed by atoms with Crippen molar-refractivity contribution in [1.29, 1.82) is 0 Å². The van der Waals surface area contributed by atoms with E-state index in [1.165, 1.54) is 6.20 Å². The molecule has 0 N–H and O–H groups in total. The third kappa shape index (κ3) is 7.33. The maximum Gasteiger partial charge on any atom is 0.411 e. The molecule has 0 saturated carbocycles. The Balaban J connectivity index is 2.08. The summed E-state index contributed by atoms with van der Waals surface area (Å²) >= 11 is 1.58. The molecule has 126 valence electrons. The number of halogens is 3. The van der Waals surface area contributed by atoms with E-state index < -0.39 is 12.8 Å². The van der Waals surface area contributed by atoms with Crippen LogP contribution in [0, 0.1) is 19.1 Å². The lowest BCUT2D eigenvalue weighted by Crippen LogP contribution is -2.30. The van der Waals surface area contributed by atoms with E-state index in [1.54, 1.807) is 24.8 Å². The lowest BCUT2D eigenvalue weighted by Gasteiger charge is -2.09. The second-order valence-electron chi connectivity index (χ2n) is 4.70. The van der Waals surface area contributed by atoms with Crippen molar-refractivity contribution in [3.8, 4) is 0 Å². The topological polar surface area (TPSA) is 45.4 Å². The maximum absolute atomic E-state index is 11.8. The first-order chi connectivity index (χ1) is 10.3. The molecule has 8 heteroatoms. The van der Waals surface area contributed by atoms with Crippen LogP contribution in [-0.2, 0) is 9.47 Å². The summed E-state index contributed by atoms with van der Waals surface area (Å²) in [6, 6.07) is 1.77. The van der Waals surface area contributed by atoms with E-state index in [4.69, 9.17) is 4.74 Å². The first-order valence-electron chi connectivity index (χ1n) is 6.85. The van der Waals surface area contributed by atoms with E-state index in [9.17, 15) is 18.4 Å². The number of aromatic nitrogens is 1. The molecule has 1 rings (SSSR count). The van der Waals surface area contributed by atoms with Crippen LogP contribution in [0.15, 0.2) is 17.2 Å². The molecule has 0 aliphatic carbocycles. The zero-order valence-electron chi connectivity index (χ0n) is 12.6. The molecular formula is C14H20F3NO3S. The Morgan fingerprint density at radius 3 is 2.55 bits per heavy atom. The average Bonchev–Trinajstić information content (AvgIpc) is 2.44. The highest BCUT2D eigenvalue weighted by Gasteiger charge is 2.27. The predicted molar refractivity (Wildman–Crippen MR) is 77.9 cm³/mol. The highest BCUT2D eigenvalue weighted by atomic mass is 32.2. The molecule has 22 heavy (non-hydrogen) atoms. The van der Waals surface area contributed by atoms with Crippen molar-refractivity contribution < 1.29 is 27.4 Å². The summed E-state index contributed by atoms with van der Waals surface area (Å²) < 4.78 is 46.0. The molecule has 0 unspecified atom stereocenters. The monoisotopic (exact) mass is 339 g/mol. The third-order valence-corrected chi connectivity index (χ3v) is 4.06. The molecule has 1 aromatic heterocycles. The normalized spacial score (nSPS) is 11.9. The Morgan fingerprint density at radius 1 is 1.18 bits per heavy atom. The standard InChI is InChI=1S/C14H20F3NO3S/c1-11-12(2)18(19)5-4-13(11)22-9-8-20-6-3-7-21-10-14(15,16)17/h4-5H,3,6-10H2,1-2H3. The summed E-state index contributed by atoms with van der Waals surface area (Å²) in [6.45, 7) is 3.34. The van der Waals surface area contributed by atoms with Crippen LogP contribution in [0.5, 0.6) is 0 Å². The molecule has 0 atom stereocenters. The van der Waals surface area contributed by atoms with Gasteiger partial charge in [-0.3, -0.25) is 0 Å². The van der Waals surface area contributed by atoms with Crippen LogP contribution in [0.2, 0.25) is 0 Å². The zero-order chi connectivity index (χ0) is 16.6. The van der Waals surface area contributed by atoms with E-state index in [0.717, 1.165) is 15.2 Å². The summed E-state index contributed by atoms with van der Waals surface area (Å²) in [5.74, 6) is 0.715. The van der Waals surface area contributed by atoms with Crippen LogP contribution >= 0.6 is 11.8 Å². The minimum absolute atomic E-state index is 0.0349. The summed E-state index contributed by atoms with van der Waals surface area (Å²) in [5, 5.41) is 11.4. The molecule has 4 nitrogen and oxygen atoms in total. The van der Waals surface area contributed by atoms with Gasteiger partial charge in [-0.25, -0.2) is 0 Å². The van der Waals surface area contributed by atoms with E-state index >= 15 is 0 Å². The predicted octanol–water partition coefficient (Wildman–Crippen LogP) is 3.01. The van der Waals surface area contributed by atoms with Crippen LogP contribution in [0.25, 0.3) is 0 Å². The summed E-state index contributed by atoms with van der Waals surface area (Å²) in [6.07, 6.45) is -2.37. The molecule has 0 saturated heterocycles. The molecule has 0 aliphatic rings. The number of thioether (sulfide) groups is 1. The molecule has 0 aromatic carbocycles. The highest BCUT2D eigenvalue weighted by molar-refractivity contribution is 7.99. The largest absolute Gasteiger partial charge is 0.619 e. The van der Waals surface area contributed by atoms with Gasteiger partial charge in [0.2, 0.25) is 0 Å². The minimum Gasteiger partial charge on any atom is -0.619 e. The Labute approximate surface area is 132 Å². The molecule has 0 fully saturated rings. The molecular weight excluding hydrogens is 319 g/mol. The lowest BCUT2D eigenvalue weighted by atomic mass is 10.2. The second kappa shape index (κ2) is 9.22. The van der Waals surface area contributed by atoms with Crippen molar-refractivity contribution >= 4 is 11.8 Å². The van der Waals surface area contributed by atoms with Gasteiger partial charge in [-0.1, -0.05) is 0 Å². The zero-order valence-corrected chi connectivity index (χ0v) is 13.4. The Bertz CT molecular complexity index is 469. The number of alkyl halides is 3. The molecule has 0 bridgehead atoms. The van der Waals surface area contributed by atoms with Crippen LogP contribution in [0.4, 0.5) is 13.2 Å². The Hall–Kier alpha value is -0.990. The van der Waals surface area contributed by atoms with Gasteiger partial charge in [-0.15, -0.1) is 11.8 Å². The van der Waals surface area contributed by atoms with E-state index in [0.29, 0.717) is 31.1 Å². The van der Waals surface area contributed by atoms with Gasteiger partial charge in [0, 0.05) is 42.4 Å². The first-order valence-corrected chi connectivity index (χ1v) is 7.84. The van der Waals surface area contributed by atoms with Gasteiger partial charge >= 0.3 is 6.18 Å². The number of hydrogen-bond acceptors (Lipinski definition) is 4. The fourth-order valence-electron chi connectivity index (χ4n) is 1.64. The first kappa shape index (κ1) is 19.1. The number of nitrogens with zero attached hydrogens (tertiary/aromatic N) is 1. The molecule has 0 aliphatic heterocycles. The van der Waals surface area contributed by atoms with Gasteiger partial charge in [-0.2, -0.15) is 17.9 Å². The van der Waals surface area contributed by atoms with Crippen molar-refractivity contribution in [2.24, 2.45) is 0 Å². The SMILES string of the molecule is Cc1c(SCCOCCCOCC(F)(F)F)cc[n+]([O-])c1C. The van der Waals surface area contributed by atoms with Crippen molar-refractivity contribution in [2.45, 2.75) is 31.3 Å². The second-order valence-corrected chi connectivity index (χ2v) is 5.84. The van der Waals surface area contributed by atoms with E-state index in [2.05, 4.69) is 4.74 Å². The van der Waals surface area contributed by atoms with Crippen LogP contribution in [0.3, 0.4) is 0 Å². The molecule has 1 heterocycles. The molecule has 0 spiro atoms. The molecule has 0 amide bonds. The van der Waals surface area contributed by atoms with Gasteiger partial charge < -0.3 is 14.7 Å². The molecule has 0 radical (unpaired) electrons. The Kier molecular flexibility index (Phi) is 7.98.